The number of rotatable bonds is 5. The third-order valence-electron chi connectivity index (χ3n) is 3.62. The average molecular weight is 379 g/mol. The van der Waals surface area contributed by atoms with Crippen molar-refractivity contribution in [3.8, 4) is 0 Å². The highest BCUT2D eigenvalue weighted by molar-refractivity contribution is 7.93. The zero-order valence-electron chi connectivity index (χ0n) is 13.9. The highest BCUT2D eigenvalue weighted by Gasteiger charge is 2.46. The van der Waals surface area contributed by atoms with Crippen LogP contribution in [0.25, 0.3) is 0 Å². The predicted octanol–water partition coefficient (Wildman–Crippen LogP) is 2.70. The lowest BCUT2D eigenvalue weighted by Crippen LogP contribution is -2.33. The van der Waals surface area contributed by atoms with Crippen molar-refractivity contribution in [3.05, 3.63) is 29.3 Å². The minimum absolute atomic E-state index is 0.142. The molecule has 1 aromatic rings. The van der Waals surface area contributed by atoms with Crippen LogP contribution in [0.3, 0.4) is 0 Å². The van der Waals surface area contributed by atoms with Gasteiger partial charge in [0.05, 0.1) is 37.7 Å². The molecule has 0 saturated carbocycles. The molecule has 1 saturated heterocycles. The summed E-state index contributed by atoms with van der Waals surface area (Å²) in [6, 6.07) is 4.48. The molecule has 0 spiro atoms. The summed E-state index contributed by atoms with van der Waals surface area (Å²) in [5.74, 6) is 0. The summed E-state index contributed by atoms with van der Waals surface area (Å²) in [5, 5.41) is 6.24. The largest absolute Gasteiger partial charge is 0.516 e. The molecule has 0 unspecified atom stereocenters. The Balaban J connectivity index is 2.41. The first-order chi connectivity index (χ1) is 11.6. The third-order valence-corrected chi connectivity index (χ3v) is 4.72. The lowest BCUT2D eigenvalue weighted by molar-refractivity contribution is -0.0429. The molecule has 6 nitrogen and oxygen atoms in total. The van der Waals surface area contributed by atoms with Crippen molar-refractivity contribution in [1.29, 1.82) is 0 Å². The zero-order chi connectivity index (χ0) is 18.7. The second kappa shape index (κ2) is 7.61. The second-order valence-corrected chi connectivity index (χ2v) is 7.24. The number of aryl methyl sites for hydroxylation is 1. The number of ether oxygens (including phenoxy) is 1. The van der Waals surface area contributed by atoms with E-state index >= 15 is 0 Å². The number of alkyl halides is 3. The predicted molar refractivity (Wildman–Crippen MR) is 89.0 cm³/mol. The summed E-state index contributed by atoms with van der Waals surface area (Å²) in [4.78, 5) is 0. The van der Waals surface area contributed by atoms with Gasteiger partial charge in [0.1, 0.15) is 0 Å². The molecule has 0 aromatic heterocycles. The molecule has 0 bridgehead atoms. The number of anilines is 1. The van der Waals surface area contributed by atoms with Gasteiger partial charge in [-0.1, -0.05) is 18.6 Å². The van der Waals surface area contributed by atoms with Crippen LogP contribution in [0, 0.1) is 6.92 Å². The quantitative estimate of drug-likeness (QED) is 0.799. The third kappa shape index (κ3) is 4.85. The van der Waals surface area contributed by atoms with Gasteiger partial charge in [0.2, 0.25) is 0 Å². The van der Waals surface area contributed by atoms with Crippen LogP contribution < -0.4 is 4.72 Å². The van der Waals surface area contributed by atoms with Crippen molar-refractivity contribution in [2.24, 2.45) is 5.10 Å². The van der Waals surface area contributed by atoms with Gasteiger partial charge < -0.3 is 4.74 Å². The number of hydrogen-bond acceptors (Lipinski definition) is 5. The van der Waals surface area contributed by atoms with Crippen molar-refractivity contribution in [3.63, 3.8) is 0 Å². The molecule has 1 aliphatic heterocycles. The van der Waals surface area contributed by atoms with Crippen LogP contribution in [0.4, 0.5) is 18.9 Å². The Kier molecular flexibility index (Phi) is 5.94. The normalized spacial score (nSPS) is 16.8. The van der Waals surface area contributed by atoms with Gasteiger partial charge in [-0.15, -0.1) is 0 Å². The van der Waals surface area contributed by atoms with Crippen LogP contribution in [0.1, 0.15) is 24.5 Å². The lowest BCUT2D eigenvalue weighted by Gasteiger charge is -2.25. The molecule has 1 heterocycles. The number of nitrogens with one attached hydrogen (secondary N) is 1. The van der Waals surface area contributed by atoms with Crippen LogP contribution in [-0.4, -0.2) is 51.0 Å². The molecule has 0 atom stereocenters. The van der Waals surface area contributed by atoms with Gasteiger partial charge in [-0.05, 0) is 25.5 Å². The fraction of sp³-hybridized carbons (Fsp3) is 0.533. The molecule has 140 valence electrons. The summed E-state index contributed by atoms with van der Waals surface area (Å²) in [6.07, 6.45) is 0.432. The van der Waals surface area contributed by atoms with E-state index in [1.165, 1.54) is 6.07 Å². The van der Waals surface area contributed by atoms with E-state index < -0.39 is 15.5 Å². The van der Waals surface area contributed by atoms with E-state index in [9.17, 15) is 21.6 Å². The highest BCUT2D eigenvalue weighted by atomic mass is 32.2. The Morgan fingerprint density at radius 3 is 2.52 bits per heavy atom. The van der Waals surface area contributed by atoms with E-state index in [4.69, 9.17) is 4.74 Å². The van der Waals surface area contributed by atoms with Gasteiger partial charge in [0, 0.05) is 5.56 Å². The number of hydrogen-bond donors (Lipinski definition) is 1. The molecule has 1 aromatic carbocycles. The summed E-state index contributed by atoms with van der Waals surface area (Å²) in [7, 11) is -5.50. The number of sulfonamides is 1. The van der Waals surface area contributed by atoms with Gasteiger partial charge >= 0.3 is 15.5 Å². The maximum Gasteiger partial charge on any atom is 0.516 e. The highest BCUT2D eigenvalue weighted by Crippen LogP contribution is 2.28. The lowest BCUT2D eigenvalue weighted by atomic mass is 10.0. The van der Waals surface area contributed by atoms with E-state index in [2.05, 4.69) is 5.10 Å². The molecular weight excluding hydrogens is 359 g/mol. The number of morpholine rings is 1. The first-order valence-electron chi connectivity index (χ1n) is 7.74. The maximum absolute atomic E-state index is 12.7. The van der Waals surface area contributed by atoms with Crippen LogP contribution in [-0.2, 0) is 14.8 Å². The number of halogens is 3. The molecule has 25 heavy (non-hydrogen) atoms. The molecule has 1 N–H and O–H groups in total. The van der Waals surface area contributed by atoms with Gasteiger partial charge in [-0.25, -0.2) is 0 Å². The fourth-order valence-electron chi connectivity index (χ4n) is 2.33. The van der Waals surface area contributed by atoms with E-state index in [0.29, 0.717) is 44.0 Å². The van der Waals surface area contributed by atoms with E-state index in [1.54, 1.807) is 28.8 Å². The van der Waals surface area contributed by atoms with Crippen molar-refractivity contribution in [2.75, 3.05) is 31.0 Å². The first-order valence-corrected chi connectivity index (χ1v) is 9.22. The number of benzene rings is 1. The Morgan fingerprint density at radius 2 is 1.96 bits per heavy atom. The Labute approximate surface area is 144 Å². The van der Waals surface area contributed by atoms with E-state index in [0.717, 1.165) is 5.56 Å². The monoisotopic (exact) mass is 379 g/mol. The summed E-state index contributed by atoms with van der Waals surface area (Å²) < 4.78 is 67.8. The van der Waals surface area contributed by atoms with Crippen LogP contribution in [0.15, 0.2) is 23.3 Å². The Hall–Kier alpha value is -1.81. The Morgan fingerprint density at radius 1 is 1.32 bits per heavy atom. The topological polar surface area (TPSA) is 71.0 Å². The minimum Gasteiger partial charge on any atom is -0.378 e. The van der Waals surface area contributed by atoms with E-state index in [-0.39, 0.29) is 5.69 Å². The molecular formula is C15H20F3N3O3S. The Bertz CT molecular complexity index is 742. The smallest absolute Gasteiger partial charge is 0.378 e. The minimum atomic E-state index is -5.50. The van der Waals surface area contributed by atoms with Crippen LogP contribution in [0.5, 0.6) is 0 Å². The van der Waals surface area contributed by atoms with Crippen molar-refractivity contribution in [2.45, 2.75) is 25.8 Å². The zero-order valence-corrected chi connectivity index (χ0v) is 14.7. The van der Waals surface area contributed by atoms with Crippen LogP contribution in [0.2, 0.25) is 0 Å². The van der Waals surface area contributed by atoms with Crippen molar-refractivity contribution in [1.82, 2.24) is 5.01 Å². The summed E-state index contributed by atoms with van der Waals surface area (Å²) in [5.41, 5.74) is -3.90. The average Bonchev–Trinajstić information content (AvgIpc) is 2.54. The van der Waals surface area contributed by atoms with Gasteiger partial charge in [0.25, 0.3) is 0 Å². The van der Waals surface area contributed by atoms with Gasteiger partial charge in [-0.3, -0.25) is 9.73 Å². The molecule has 1 fully saturated rings. The fourth-order valence-corrected chi connectivity index (χ4v) is 2.91. The van der Waals surface area contributed by atoms with E-state index in [1.807, 2.05) is 6.92 Å². The molecule has 0 amide bonds. The number of hydrazone groups is 1. The molecule has 2 rings (SSSR count). The molecule has 1 aliphatic rings. The van der Waals surface area contributed by atoms with Gasteiger partial charge in [-0.2, -0.15) is 26.7 Å². The standard InChI is InChI=1S/C15H20F3N3O3S/c1-3-13(19-21-6-8-24-9-7-21)12-10-11(2)4-5-14(12)20-25(22,23)15(16,17)18/h4-5,10,20H,3,6-9H2,1-2H3/b19-13+. The van der Waals surface area contributed by atoms with Crippen molar-refractivity contribution < 1.29 is 26.3 Å². The van der Waals surface area contributed by atoms with Crippen molar-refractivity contribution >= 4 is 21.4 Å². The molecule has 0 radical (unpaired) electrons. The molecule has 10 heteroatoms. The first kappa shape index (κ1) is 19.5. The molecule has 0 aliphatic carbocycles. The maximum atomic E-state index is 12.7. The number of nitrogens with zero attached hydrogens (tertiary/aromatic N) is 2. The van der Waals surface area contributed by atoms with Gasteiger partial charge in [0.15, 0.2) is 0 Å². The second-order valence-electron chi connectivity index (χ2n) is 5.57. The SMILES string of the molecule is CC/C(=N\N1CCOCC1)c1cc(C)ccc1NS(=O)(=O)C(F)(F)F. The van der Waals surface area contributed by atoms with Crippen LogP contribution >= 0.6 is 0 Å². The summed E-state index contributed by atoms with van der Waals surface area (Å²) in [6.45, 7) is 5.75. The summed E-state index contributed by atoms with van der Waals surface area (Å²) >= 11 is 0.